The lowest BCUT2D eigenvalue weighted by atomic mass is 10.1. The molecule has 0 aromatic heterocycles. The van der Waals surface area contributed by atoms with E-state index in [2.05, 4.69) is 47.2 Å². The molecule has 2 fully saturated rings. The van der Waals surface area contributed by atoms with Gasteiger partial charge in [0.25, 0.3) is 0 Å². The van der Waals surface area contributed by atoms with Gasteiger partial charge in [-0.25, -0.2) is 8.42 Å². The van der Waals surface area contributed by atoms with E-state index in [4.69, 9.17) is 12.2 Å². The van der Waals surface area contributed by atoms with E-state index < -0.39 is 9.84 Å². The maximum Gasteiger partial charge on any atom is 0.173 e. The molecule has 2 aliphatic rings. The number of benzene rings is 1. The lowest BCUT2D eigenvalue weighted by Gasteiger charge is -2.38. The predicted octanol–water partition coefficient (Wildman–Crippen LogP) is 1.80. The van der Waals surface area contributed by atoms with Crippen LogP contribution in [0.1, 0.15) is 17.5 Å². The van der Waals surface area contributed by atoms with E-state index in [-0.39, 0.29) is 6.04 Å². The number of nitrogens with one attached hydrogen (secondary N) is 1. The number of hydrogen-bond donors (Lipinski definition) is 1. The Balaban J connectivity index is 1.53. The fraction of sp³-hybridized carbons (Fsp3) is 0.588. The number of sulfone groups is 1. The highest BCUT2D eigenvalue weighted by Crippen LogP contribution is 2.20. The normalized spacial score (nSPS) is 24.1. The first kappa shape index (κ1) is 17.6. The van der Waals surface area contributed by atoms with Crippen molar-refractivity contribution < 1.29 is 8.42 Å². The van der Waals surface area contributed by atoms with E-state index in [1.807, 2.05) is 0 Å². The third-order valence-corrected chi connectivity index (χ3v) is 6.91. The van der Waals surface area contributed by atoms with E-state index in [1.165, 1.54) is 11.1 Å². The molecule has 24 heavy (non-hydrogen) atoms. The summed E-state index contributed by atoms with van der Waals surface area (Å²) >= 11 is 5.55. The van der Waals surface area contributed by atoms with Gasteiger partial charge in [-0.3, -0.25) is 4.90 Å². The summed E-state index contributed by atoms with van der Waals surface area (Å²) in [6, 6.07) is 6.53. The average Bonchev–Trinajstić information content (AvgIpc) is 2.86. The Morgan fingerprint density at radius 2 is 1.75 bits per heavy atom. The third kappa shape index (κ3) is 4.26. The SMILES string of the molecule is Cc1cc(C)cc(NC(=S)N2CCN([C@H]3CCS(=O)(=O)C3)CC2)c1. The quantitative estimate of drug-likeness (QED) is 0.805. The van der Waals surface area contributed by atoms with Crippen LogP contribution >= 0.6 is 12.2 Å². The van der Waals surface area contributed by atoms with Gasteiger partial charge in [-0.15, -0.1) is 0 Å². The Bertz CT molecular complexity index is 705. The maximum absolute atomic E-state index is 11.6. The van der Waals surface area contributed by atoms with Gasteiger partial charge in [0.15, 0.2) is 14.9 Å². The van der Waals surface area contributed by atoms with Gasteiger partial charge in [-0.2, -0.15) is 0 Å². The van der Waals surface area contributed by atoms with E-state index >= 15 is 0 Å². The molecule has 0 radical (unpaired) electrons. The summed E-state index contributed by atoms with van der Waals surface area (Å²) in [7, 11) is -2.82. The zero-order valence-electron chi connectivity index (χ0n) is 14.3. The largest absolute Gasteiger partial charge is 0.346 e. The monoisotopic (exact) mass is 367 g/mol. The summed E-state index contributed by atoms with van der Waals surface area (Å²) < 4.78 is 23.3. The molecule has 3 rings (SSSR count). The minimum Gasteiger partial charge on any atom is -0.346 e. The summed E-state index contributed by atoms with van der Waals surface area (Å²) in [6.07, 6.45) is 0.771. The highest BCUT2D eigenvalue weighted by Gasteiger charge is 2.33. The van der Waals surface area contributed by atoms with E-state index in [1.54, 1.807) is 0 Å². The van der Waals surface area contributed by atoms with Gasteiger partial charge >= 0.3 is 0 Å². The first-order valence-electron chi connectivity index (χ1n) is 8.41. The Kier molecular flexibility index (Phi) is 5.13. The molecule has 1 aromatic carbocycles. The van der Waals surface area contributed by atoms with Crippen LogP contribution in [0.25, 0.3) is 0 Å². The molecule has 0 bridgehead atoms. The molecule has 1 atom stereocenters. The number of hydrogen-bond acceptors (Lipinski definition) is 4. The van der Waals surface area contributed by atoms with Crippen molar-refractivity contribution in [3.63, 3.8) is 0 Å². The molecule has 0 saturated carbocycles. The Morgan fingerprint density at radius 3 is 2.29 bits per heavy atom. The second kappa shape index (κ2) is 6.98. The minimum atomic E-state index is -2.82. The van der Waals surface area contributed by atoms with Crippen LogP contribution in [0.5, 0.6) is 0 Å². The molecule has 2 heterocycles. The molecule has 0 amide bonds. The van der Waals surface area contributed by atoms with Crippen molar-refractivity contribution in [1.29, 1.82) is 0 Å². The molecule has 2 aliphatic heterocycles. The minimum absolute atomic E-state index is 0.193. The summed E-state index contributed by atoms with van der Waals surface area (Å²) in [4.78, 5) is 4.48. The van der Waals surface area contributed by atoms with Crippen molar-refractivity contribution in [3.8, 4) is 0 Å². The zero-order chi connectivity index (χ0) is 17.3. The second-order valence-corrected chi connectivity index (χ2v) is 9.50. The summed E-state index contributed by atoms with van der Waals surface area (Å²) in [5.74, 6) is 0.656. The lowest BCUT2D eigenvalue weighted by Crippen LogP contribution is -2.53. The fourth-order valence-electron chi connectivity index (χ4n) is 3.60. The molecule has 132 valence electrons. The summed E-state index contributed by atoms with van der Waals surface area (Å²) in [5.41, 5.74) is 3.46. The van der Waals surface area contributed by atoms with Crippen molar-refractivity contribution in [1.82, 2.24) is 9.80 Å². The number of thiocarbonyl (C=S) groups is 1. The van der Waals surface area contributed by atoms with Crippen LogP contribution < -0.4 is 5.32 Å². The topological polar surface area (TPSA) is 52.6 Å². The van der Waals surface area contributed by atoms with Gasteiger partial charge in [-0.05, 0) is 55.7 Å². The Labute approximate surface area is 149 Å². The van der Waals surface area contributed by atoms with Crippen molar-refractivity contribution in [2.24, 2.45) is 0 Å². The first-order valence-corrected chi connectivity index (χ1v) is 10.6. The van der Waals surface area contributed by atoms with Crippen LogP contribution in [0, 0.1) is 13.8 Å². The Morgan fingerprint density at radius 1 is 1.12 bits per heavy atom. The van der Waals surface area contributed by atoms with E-state index in [0.29, 0.717) is 11.5 Å². The third-order valence-electron chi connectivity index (χ3n) is 4.80. The summed E-state index contributed by atoms with van der Waals surface area (Å²) in [6.45, 7) is 7.58. The smallest absolute Gasteiger partial charge is 0.173 e. The molecular formula is C17H25N3O2S2. The standard InChI is InChI=1S/C17H25N3O2S2/c1-13-9-14(2)11-15(10-13)18-17(23)20-6-4-19(5-7-20)16-3-8-24(21,22)12-16/h9-11,16H,3-8,12H2,1-2H3,(H,18,23)/t16-/m0/s1. The van der Waals surface area contributed by atoms with E-state index in [9.17, 15) is 8.42 Å². The van der Waals surface area contributed by atoms with Crippen LogP contribution in [0.2, 0.25) is 0 Å². The van der Waals surface area contributed by atoms with Crippen molar-refractivity contribution in [2.45, 2.75) is 26.3 Å². The van der Waals surface area contributed by atoms with Crippen molar-refractivity contribution >= 4 is 32.9 Å². The molecule has 0 spiro atoms. The van der Waals surface area contributed by atoms with Gasteiger partial charge in [0.1, 0.15) is 0 Å². The molecule has 7 heteroatoms. The first-order chi connectivity index (χ1) is 11.3. The number of piperazine rings is 1. The lowest BCUT2D eigenvalue weighted by molar-refractivity contribution is 0.144. The molecule has 1 N–H and O–H groups in total. The molecule has 2 saturated heterocycles. The average molecular weight is 368 g/mol. The molecule has 1 aromatic rings. The van der Waals surface area contributed by atoms with Gasteiger partial charge in [-0.1, -0.05) is 6.07 Å². The van der Waals surface area contributed by atoms with Crippen LogP contribution in [-0.2, 0) is 9.84 Å². The predicted molar refractivity (Wildman–Crippen MR) is 102 cm³/mol. The van der Waals surface area contributed by atoms with Crippen LogP contribution in [0.15, 0.2) is 18.2 Å². The van der Waals surface area contributed by atoms with Crippen molar-refractivity contribution in [3.05, 3.63) is 29.3 Å². The molecule has 5 nitrogen and oxygen atoms in total. The maximum atomic E-state index is 11.6. The molecular weight excluding hydrogens is 342 g/mol. The van der Waals surface area contributed by atoms with Gasteiger partial charge in [0, 0.05) is 37.9 Å². The zero-order valence-corrected chi connectivity index (χ0v) is 15.9. The summed E-state index contributed by atoms with van der Waals surface area (Å²) in [5, 5.41) is 4.08. The van der Waals surface area contributed by atoms with Crippen LogP contribution in [-0.4, -0.2) is 67.1 Å². The molecule has 0 unspecified atom stereocenters. The van der Waals surface area contributed by atoms with Crippen molar-refractivity contribution in [2.75, 3.05) is 43.0 Å². The van der Waals surface area contributed by atoms with Crippen LogP contribution in [0.3, 0.4) is 0 Å². The van der Waals surface area contributed by atoms with Crippen LogP contribution in [0.4, 0.5) is 5.69 Å². The highest BCUT2D eigenvalue weighted by atomic mass is 32.2. The van der Waals surface area contributed by atoms with Gasteiger partial charge < -0.3 is 10.2 Å². The molecule has 0 aliphatic carbocycles. The second-order valence-electron chi connectivity index (χ2n) is 6.89. The highest BCUT2D eigenvalue weighted by molar-refractivity contribution is 7.91. The number of anilines is 1. The van der Waals surface area contributed by atoms with Gasteiger partial charge in [0.2, 0.25) is 0 Å². The van der Waals surface area contributed by atoms with Gasteiger partial charge in [0.05, 0.1) is 11.5 Å². The Hall–Kier alpha value is -1.18. The fourth-order valence-corrected chi connectivity index (χ4v) is 5.66. The number of nitrogens with zero attached hydrogens (tertiary/aromatic N) is 2. The number of rotatable bonds is 2. The number of aryl methyl sites for hydroxylation is 2. The van der Waals surface area contributed by atoms with E-state index in [0.717, 1.165) is 43.4 Å².